The summed E-state index contributed by atoms with van der Waals surface area (Å²) in [4.78, 5) is 7.95. The van der Waals surface area contributed by atoms with Crippen molar-refractivity contribution in [2.75, 3.05) is 5.75 Å². The fourth-order valence-corrected chi connectivity index (χ4v) is 3.74. The molecule has 0 radical (unpaired) electrons. The predicted octanol–water partition coefficient (Wildman–Crippen LogP) is 5.56. The van der Waals surface area contributed by atoms with Crippen LogP contribution in [0.1, 0.15) is 18.1 Å². The zero-order valence-corrected chi connectivity index (χ0v) is 13.8. The van der Waals surface area contributed by atoms with Gasteiger partial charge in [0.15, 0.2) is 5.16 Å². The lowest BCUT2D eigenvalue weighted by Gasteiger charge is -2.07. The Kier molecular flexibility index (Phi) is 3.47. The number of hydrogen-bond donors (Lipinski definition) is 1. The Morgan fingerprint density at radius 2 is 2.18 bits per heavy atom. The highest BCUT2D eigenvalue weighted by atomic mass is 35.5. The van der Waals surface area contributed by atoms with Crippen molar-refractivity contribution in [3.63, 3.8) is 0 Å². The average Bonchev–Trinajstić information content (AvgIpc) is 3.11. The van der Waals surface area contributed by atoms with Gasteiger partial charge in [0.05, 0.1) is 16.1 Å². The van der Waals surface area contributed by atoms with Crippen molar-refractivity contribution in [2.24, 2.45) is 0 Å². The van der Waals surface area contributed by atoms with Gasteiger partial charge in [-0.1, -0.05) is 54.6 Å². The Balaban J connectivity index is 1.83. The number of thioether (sulfide) groups is 1. The van der Waals surface area contributed by atoms with E-state index in [-0.39, 0.29) is 0 Å². The van der Waals surface area contributed by atoms with Gasteiger partial charge in [-0.05, 0) is 47.1 Å². The first-order valence-corrected chi connectivity index (χ1v) is 8.73. The molecule has 22 heavy (non-hydrogen) atoms. The molecule has 0 amide bonds. The third kappa shape index (κ3) is 2.34. The molecule has 0 unspecified atom stereocenters. The second-order valence-corrected chi connectivity index (χ2v) is 7.00. The van der Waals surface area contributed by atoms with E-state index in [0.717, 1.165) is 44.5 Å². The maximum Gasteiger partial charge on any atom is 0.166 e. The zero-order valence-electron chi connectivity index (χ0n) is 12.2. The van der Waals surface area contributed by atoms with Gasteiger partial charge in [0.1, 0.15) is 0 Å². The normalized spacial score (nSPS) is 13.0. The SMILES string of the molecule is CCSc1nc2cc(-c3ccc4c(c3)C=CC4)c(Cl)cc2[nH]1. The van der Waals surface area contributed by atoms with Crippen LogP contribution in [0.5, 0.6) is 0 Å². The smallest absolute Gasteiger partial charge is 0.166 e. The molecule has 3 aromatic rings. The molecule has 1 aliphatic carbocycles. The Labute approximate surface area is 138 Å². The van der Waals surface area contributed by atoms with Crippen LogP contribution in [0.25, 0.3) is 28.2 Å². The van der Waals surface area contributed by atoms with Gasteiger partial charge in [-0.15, -0.1) is 0 Å². The van der Waals surface area contributed by atoms with Crippen LogP contribution in [0.15, 0.2) is 41.6 Å². The number of hydrogen-bond acceptors (Lipinski definition) is 2. The van der Waals surface area contributed by atoms with Crippen LogP contribution in [-0.4, -0.2) is 15.7 Å². The van der Waals surface area contributed by atoms with E-state index in [1.165, 1.54) is 11.1 Å². The number of imidazole rings is 1. The van der Waals surface area contributed by atoms with Crippen LogP contribution in [0.3, 0.4) is 0 Å². The fraction of sp³-hybridized carbons (Fsp3) is 0.167. The first kappa shape index (κ1) is 13.9. The quantitative estimate of drug-likeness (QED) is 0.638. The van der Waals surface area contributed by atoms with Crippen molar-refractivity contribution < 1.29 is 0 Å². The van der Waals surface area contributed by atoms with Crippen molar-refractivity contribution in [3.8, 4) is 11.1 Å². The second-order valence-electron chi connectivity index (χ2n) is 5.34. The number of allylic oxidation sites excluding steroid dienone is 1. The molecule has 1 heterocycles. The molecule has 0 atom stereocenters. The summed E-state index contributed by atoms with van der Waals surface area (Å²) in [5.41, 5.74) is 6.80. The van der Waals surface area contributed by atoms with Gasteiger partial charge >= 0.3 is 0 Å². The molecule has 110 valence electrons. The third-order valence-electron chi connectivity index (χ3n) is 3.92. The molecule has 1 aliphatic rings. The molecule has 0 bridgehead atoms. The molecule has 4 heteroatoms. The molecule has 0 saturated carbocycles. The number of aromatic amines is 1. The standard InChI is InChI=1S/C18H15ClN2S/c1-2-22-18-20-16-9-14(15(19)10-17(16)21-18)13-7-6-11-4-3-5-12(11)8-13/h3,5-10H,2,4H2,1H3,(H,20,21). The molecule has 4 rings (SSSR count). The van der Waals surface area contributed by atoms with E-state index in [0.29, 0.717) is 0 Å². The number of aromatic nitrogens is 2. The van der Waals surface area contributed by atoms with Crippen molar-refractivity contribution in [1.29, 1.82) is 0 Å². The number of nitrogens with zero attached hydrogens (tertiary/aromatic N) is 1. The molecular formula is C18H15ClN2S. The summed E-state index contributed by atoms with van der Waals surface area (Å²) in [7, 11) is 0. The first-order valence-electron chi connectivity index (χ1n) is 7.36. The predicted molar refractivity (Wildman–Crippen MR) is 95.7 cm³/mol. The summed E-state index contributed by atoms with van der Waals surface area (Å²) >= 11 is 8.21. The monoisotopic (exact) mass is 326 g/mol. The Morgan fingerprint density at radius 3 is 3.05 bits per heavy atom. The minimum atomic E-state index is 0.756. The van der Waals surface area contributed by atoms with E-state index < -0.39 is 0 Å². The van der Waals surface area contributed by atoms with Gasteiger partial charge in [-0.2, -0.15) is 0 Å². The van der Waals surface area contributed by atoms with Crippen molar-refractivity contribution in [1.82, 2.24) is 9.97 Å². The van der Waals surface area contributed by atoms with Crippen LogP contribution in [0, 0.1) is 0 Å². The molecule has 2 aromatic carbocycles. The lowest BCUT2D eigenvalue weighted by molar-refractivity contribution is 1.08. The van der Waals surface area contributed by atoms with Crippen molar-refractivity contribution >= 4 is 40.5 Å². The van der Waals surface area contributed by atoms with Gasteiger partial charge in [-0.3, -0.25) is 0 Å². The Morgan fingerprint density at radius 1 is 1.27 bits per heavy atom. The summed E-state index contributed by atoms with van der Waals surface area (Å²) in [6.07, 6.45) is 5.40. The Bertz CT molecular complexity index is 895. The topological polar surface area (TPSA) is 28.7 Å². The summed E-state index contributed by atoms with van der Waals surface area (Å²) in [6, 6.07) is 10.6. The fourth-order valence-electron chi connectivity index (χ4n) is 2.85. The summed E-state index contributed by atoms with van der Waals surface area (Å²) in [5.74, 6) is 0.998. The van der Waals surface area contributed by atoms with E-state index in [1.807, 2.05) is 6.07 Å². The molecule has 1 N–H and O–H groups in total. The van der Waals surface area contributed by atoms with Crippen LogP contribution in [0.2, 0.25) is 5.02 Å². The van der Waals surface area contributed by atoms with Gasteiger partial charge in [0, 0.05) is 5.56 Å². The van der Waals surface area contributed by atoms with E-state index >= 15 is 0 Å². The summed E-state index contributed by atoms with van der Waals surface area (Å²) in [5, 5.41) is 1.70. The number of rotatable bonds is 3. The van der Waals surface area contributed by atoms with Gasteiger partial charge in [-0.25, -0.2) is 4.98 Å². The summed E-state index contributed by atoms with van der Waals surface area (Å²) in [6.45, 7) is 2.12. The van der Waals surface area contributed by atoms with Crippen LogP contribution in [-0.2, 0) is 6.42 Å². The molecule has 0 aliphatic heterocycles. The van der Waals surface area contributed by atoms with Crippen LogP contribution < -0.4 is 0 Å². The van der Waals surface area contributed by atoms with E-state index in [4.69, 9.17) is 11.6 Å². The zero-order chi connectivity index (χ0) is 15.1. The maximum atomic E-state index is 6.50. The molecule has 1 aromatic heterocycles. The molecular weight excluding hydrogens is 312 g/mol. The first-order chi connectivity index (χ1) is 10.7. The van der Waals surface area contributed by atoms with Gasteiger partial charge in [0.25, 0.3) is 0 Å². The third-order valence-corrected chi connectivity index (χ3v) is 4.99. The molecule has 0 saturated heterocycles. The highest BCUT2D eigenvalue weighted by Gasteiger charge is 2.12. The van der Waals surface area contributed by atoms with Crippen molar-refractivity contribution in [3.05, 3.63) is 52.6 Å². The number of nitrogens with one attached hydrogen (secondary N) is 1. The van der Waals surface area contributed by atoms with Crippen LogP contribution in [0.4, 0.5) is 0 Å². The number of H-pyrrole nitrogens is 1. The minimum absolute atomic E-state index is 0.756. The Hall–Kier alpha value is -1.71. The van der Waals surface area contributed by atoms with Crippen molar-refractivity contribution in [2.45, 2.75) is 18.5 Å². The largest absolute Gasteiger partial charge is 0.333 e. The molecule has 2 nitrogen and oxygen atoms in total. The van der Waals surface area contributed by atoms with Gasteiger partial charge < -0.3 is 4.98 Å². The minimum Gasteiger partial charge on any atom is -0.333 e. The number of fused-ring (bicyclic) bond motifs is 2. The summed E-state index contributed by atoms with van der Waals surface area (Å²) < 4.78 is 0. The molecule has 0 spiro atoms. The highest BCUT2D eigenvalue weighted by molar-refractivity contribution is 7.99. The van der Waals surface area contributed by atoms with Crippen LogP contribution >= 0.6 is 23.4 Å². The average molecular weight is 327 g/mol. The molecule has 0 fully saturated rings. The van der Waals surface area contributed by atoms with E-state index in [9.17, 15) is 0 Å². The lowest BCUT2D eigenvalue weighted by Crippen LogP contribution is -1.85. The van der Waals surface area contributed by atoms with Gasteiger partial charge in [0.2, 0.25) is 0 Å². The van der Waals surface area contributed by atoms with E-state index in [2.05, 4.69) is 53.3 Å². The number of benzene rings is 2. The number of halogens is 1. The second kappa shape index (κ2) is 5.49. The highest BCUT2D eigenvalue weighted by Crippen LogP contribution is 2.34. The van der Waals surface area contributed by atoms with E-state index in [1.54, 1.807) is 11.8 Å². The lowest BCUT2D eigenvalue weighted by atomic mass is 10.00. The maximum absolute atomic E-state index is 6.50.